The van der Waals surface area contributed by atoms with Crippen LogP contribution in [0.2, 0.25) is 0 Å². The first-order chi connectivity index (χ1) is 8.60. The van der Waals surface area contributed by atoms with E-state index in [2.05, 4.69) is 5.32 Å². The average molecular weight is 279 g/mol. The molecule has 1 amide bonds. The van der Waals surface area contributed by atoms with Crippen LogP contribution >= 0.6 is 0 Å². The Kier molecular flexibility index (Phi) is 8.99. The van der Waals surface area contributed by atoms with Crippen LogP contribution in [-0.2, 0) is 18.0 Å². The molecule has 1 N–H and O–H groups in total. The monoisotopic (exact) mass is 279 g/mol. The molecular weight excluding hydrogens is 254 g/mol. The van der Waals surface area contributed by atoms with Gasteiger partial charge in [0.2, 0.25) is 0 Å². The zero-order valence-corrected chi connectivity index (χ0v) is 12.9. The third-order valence-corrected chi connectivity index (χ3v) is 5.64. The number of carbonyl (C=O) groups excluding carboxylic acids is 1. The zero-order chi connectivity index (χ0) is 14.0. The lowest BCUT2D eigenvalue weighted by molar-refractivity contribution is 0.0126. The quantitative estimate of drug-likeness (QED) is 0.651. The molecule has 7 heteroatoms. The number of nitrogens with one attached hydrogen (secondary N) is 1. The Hall–Kier alpha value is -0.633. The summed E-state index contributed by atoms with van der Waals surface area (Å²) in [5.41, 5.74) is -0.489. The first kappa shape index (κ1) is 17.4. The van der Waals surface area contributed by atoms with Gasteiger partial charge in [-0.3, -0.25) is 0 Å². The van der Waals surface area contributed by atoms with Gasteiger partial charge >= 0.3 is 14.9 Å². The maximum absolute atomic E-state index is 11.4. The molecule has 0 bridgehead atoms. The molecule has 0 saturated heterocycles. The van der Waals surface area contributed by atoms with Crippen LogP contribution in [0.3, 0.4) is 0 Å². The summed E-state index contributed by atoms with van der Waals surface area (Å²) in [6.07, 6.45) is 0.0810. The van der Waals surface area contributed by atoms with Crippen molar-refractivity contribution in [1.82, 2.24) is 5.32 Å². The van der Waals surface area contributed by atoms with E-state index in [0.717, 1.165) is 0 Å². The highest BCUT2D eigenvalue weighted by molar-refractivity contribution is 6.62. The molecule has 0 saturated carbocycles. The Morgan fingerprint density at radius 2 is 1.50 bits per heavy atom. The van der Waals surface area contributed by atoms with Crippen molar-refractivity contribution in [3.8, 4) is 0 Å². The molecule has 0 aliphatic carbocycles. The molecule has 0 rings (SSSR count). The Morgan fingerprint density at radius 3 is 1.78 bits per heavy atom. The highest BCUT2D eigenvalue weighted by Crippen LogP contribution is 2.20. The lowest BCUT2D eigenvalue weighted by Gasteiger charge is -2.33. The predicted octanol–water partition coefficient (Wildman–Crippen LogP) is 1.71. The predicted molar refractivity (Wildman–Crippen MR) is 70.3 cm³/mol. The number of amides is 1. The number of carbonyl (C=O) groups is 1. The molecule has 0 aromatic carbocycles. The molecule has 0 fully saturated rings. The Bertz CT molecular complexity index is 222. The smallest absolute Gasteiger partial charge is 0.442 e. The van der Waals surface area contributed by atoms with Crippen LogP contribution in [0, 0.1) is 0 Å². The second kappa shape index (κ2) is 9.32. The van der Waals surface area contributed by atoms with E-state index in [1.165, 1.54) is 7.05 Å². The maximum Gasteiger partial charge on any atom is 0.544 e. The number of hydrogen-bond donors (Lipinski definition) is 1. The highest BCUT2D eigenvalue weighted by Gasteiger charge is 2.51. The van der Waals surface area contributed by atoms with Crippen molar-refractivity contribution in [1.29, 1.82) is 0 Å². The zero-order valence-electron chi connectivity index (χ0n) is 11.9. The van der Waals surface area contributed by atoms with Crippen LogP contribution < -0.4 is 5.32 Å². The lowest BCUT2D eigenvalue weighted by atomic mass is 10.5. The Balaban J connectivity index is 4.99. The summed E-state index contributed by atoms with van der Waals surface area (Å²) in [5.74, 6) is 0. The van der Waals surface area contributed by atoms with Crippen molar-refractivity contribution in [3.63, 3.8) is 0 Å². The first-order valence-electron chi connectivity index (χ1n) is 6.40. The maximum atomic E-state index is 11.4. The van der Waals surface area contributed by atoms with Crippen LogP contribution in [0.5, 0.6) is 0 Å². The molecule has 0 aliphatic heterocycles. The van der Waals surface area contributed by atoms with E-state index in [9.17, 15) is 4.79 Å². The van der Waals surface area contributed by atoms with Gasteiger partial charge in [-0.15, -0.1) is 0 Å². The van der Waals surface area contributed by atoms with Gasteiger partial charge in [-0.2, -0.15) is 0 Å². The van der Waals surface area contributed by atoms with Gasteiger partial charge < -0.3 is 23.3 Å². The summed E-state index contributed by atoms with van der Waals surface area (Å²) in [7, 11) is -1.47. The fourth-order valence-corrected chi connectivity index (χ4v) is 4.37. The van der Waals surface area contributed by atoms with E-state index in [1.807, 2.05) is 27.7 Å². The van der Waals surface area contributed by atoms with Gasteiger partial charge in [0.05, 0.1) is 0 Å². The van der Waals surface area contributed by atoms with Crippen molar-refractivity contribution in [2.24, 2.45) is 0 Å². The third-order valence-electron chi connectivity index (χ3n) is 2.26. The molecule has 6 nitrogen and oxygen atoms in total. The number of alkyl carbamates (subject to hydrolysis) is 1. The Labute approximate surface area is 110 Å². The average Bonchev–Trinajstić information content (AvgIpc) is 2.36. The summed E-state index contributed by atoms with van der Waals surface area (Å²) >= 11 is 0. The van der Waals surface area contributed by atoms with E-state index in [0.29, 0.717) is 26.2 Å². The number of rotatable bonds is 9. The third kappa shape index (κ3) is 4.93. The van der Waals surface area contributed by atoms with E-state index in [1.54, 1.807) is 0 Å². The summed E-state index contributed by atoms with van der Waals surface area (Å²) in [5, 5.41) is 2.42. The molecule has 1 atom stereocenters. The second-order valence-corrected chi connectivity index (χ2v) is 6.17. The topological polar surface area (TPSA) is 66.0 Å². The Morgan fingerprint density at radius 1 is 1.06 bits per heavy atom. The van der Waals surface area contributed by atoms with E-state index < -0.39 is 20.6 Å². The van der Waals surface area contributed by atoms with Crippen molar-refractivity contribution < 1.29 is 22.8 Å². The minimum atomic E-state index is -2.99. The molecular formula is C11H25NO5Si. The minimum absolute atomic E-state index is 0.458. The standard InChI is InChI=1S/C11H25NO5Si/c1-6-10(17-11(13)12-5)18(14-7-2,15-8-3)16-9-4/h10H,6-9H2,1-5H3,(H,12,13). The molecule has 0 radical (unpaired) electrons. The molecule has 0 aromatic rings. The number of hydrogen-bond acceptors (Lipinski definition) is 5. The van der Waals surface area contributed by atoms with Crippen molar-refractivity contribution in [2.75, 3.05) is 26.9 Å². The fourth-order valence-electron chi connectivity index (χ4n) is 1.60. The van der Waals surface area contributed by atoms with Gasteiger partial charge in [-0.1, -0.05) is 6.92 Å². The molecule has 0 heterocycles. The minimum Gasteiger partial charge on any atom is -0.442 e. The second-order valence-electron chi connectivity index (χ2n) is 3.45. The van der Waals surface area contributed by atoms with Crippen molar-refractivity contribution in [2.45, 2.75) is 39.8 Å². The van der Waals surface area contributed by atoms with Gasteiger partial charge in [-0.05, 0) is 27.2 Å². The molecule has 0 aromatic heterocycles. The van der Waals surface area contributed by atoms with Crippen LogP contribution in [-0.4, -0.2) is 47.5 Å². The molecule has 0 spiro atoms. The highest BCUT2D eigenvalue weighted by atomic mass is 28.4. The van der Waals surface area contributed by atoms with Gasteiger partial charge in [0.25, 0.3) is 0 Å². The summed E-state index contributed by atoms with van der Waals surface area (Å²) in [6, 6.07) is 0. The van der Waals surface area contributed by atoms with Crippen molar-refractivity contribution in [3.05, 3.63) is 0 Å². The van der Waals surface area contributed by atoms with E-state index >= 15 is 0 Å². The molecule has 0 aliphatic rings. The lowest BCUT2D eigenvalue weighted by Crippen LogP contribution is -2.58. The number of ether oxygens (including phenoxy) is 1. The normalized spacial score (nSPS) is 13.2. The van der Waals surface area contributed by atoms with Crippen LogP contribution in [0.15, 0.2) is 0 Å². The van der Waals surface area contributed by atoms with Crippen LogP contribution in [0.25, 0.3) is 0 Å². The SMILES string of the molecule is CCO[Si](OCC)(OCC)C(CC)OC(=O)NC. The van der Waals surface area contributed by atoms with E-state index in [-0.39, 0.29) is 0 Å². The fraction of sp³-hybridized carbons (Fsp3) is 0.909. The largest absolute Gasteiger partial charge is 0.544 e. The summed E-state index contributed by atoms with van der Waals surface area (Å²) in [6.45, 7) is 8.89. The summed E-state index contributed by atoms with van der Waals surface area (Å²) < 4.78 is 22.4. The van der Waals surface area contributed by atoms with Gasteiger partial charge in [0, 0.05) is 26.9 Å². The van der Waals surface area contributed by atoms with Gasteiger partial charge in [0.1, 0.15) is 0 Å². The van der Waals surface area contributed by atoms with Gasteiger partial charge in [0.15, 0.2) is 5.73 Å². The summed E-state index contributed by atoms with van der Waals surface area (Å²) in [4.78, 5) is 11.4. The molecule has 1 unspecified atom stereocenters. The molecule has 108 valence electrons. The molecule has 18 heavy (non-hydrogen) atoms. The van der Waals surface area contributed by atoms with Gasteiger partial charge in [-0.25, -0.2) is 4.79 Å². The van der Waals surface area contributed by atoms with Crippen LogP contribution in [0.1, 0.15) is 34.1 Å². The van der Waals surface area contributed by atoms with Crippen LogP contribution in [0.4, 0.5) is 4.79 Å². The van der Waals surface area contributed by atoms with Crippen molar-refractivity contribution >= 4 is 14.9 Å². The van der Waals surface area contributed by atoms with E-state index in [4.69, 9.17) is 18.0 Å². The first-order valence-corrected chi connectivity index (χ1v) is 8.20.